The van der Waals surface area contributed by atoms with Crippen molar-refractivity contribution in [3.05, 3.63) is 59.2 Å². The second-order valence-electron chi connectivity index (χ2n) is 5.42. The molecule has 25 heavy (non-hydrogen) atoms. The fourth-order valence-electron chi connectivity index (χ4n) is 2.38. The van der Waals surface area contributed by atoms with Crippen LogP contribution in [0.5, 0.6) is 11.5 Å². The Balaban J connectivity index is 1.91. The molecule has 0 saturated heterocycles. The van der Waals surface area contributed by atoms with Gasteiger partial charge in [-0.2, -0.15) is 8.78 Å². The lowest BCUT2D eigenvalue weighted by Crippen LogP contribution is -2.25. The topological polar surface area (TPSA) is 47.6 Å². The van der Waals surface area contributed by atoms with E-state index in [1.54, 1.807) is 24.3 Å². The molecular formula is C19H21F2NO3. The second kappa shape index (κ2) is 9.01. The summed E-state index contributed by atoms with van der Waals surface area (Å²) in [6, 6.07) is 12.2. The summed E-state index contributed by atoms with van der Waals surface area (Å²) in [5.74, 6) is 0.0767. The molecule has 4 nitrogen and oxygen atoms in total. The van der Waals surface area contributed by atoms with E-state index in [1.807, 2.05) is 12.1 Å². The number of alkyl halides is 2. The number of hydrogen-bond acceptors (Lipinski definition) is 3. The molecule has 0 aromatic heterocycles. The van der Waals surface area contributed by atoms with Crippen molar-refractivity contribution in [2.24, 2.45) is 0 Å². The Hall–Kier alpha value is -2.63. The van der Waals surface area contributed by atoms with E-state index in [9.17, 15) is 13.6 Å². The molecule has 2 aromatic carbocycles. The van der Waals surface area contributed by atoms with Crippen molar-refractivity contribution in [1.29, 1.82) is 0 Å². The molecule has 6 heteroatoms. The highest BCUT2D eigenvalue weighted by atomic mass is 19.3. The second-order valence-corrected chi connectivity index (χ2v) is 5.42. The molecule has 1 N–H and O–H groups in total. The molecule has 0 aliphatic rings. The summed E-state index contributed by atoms with van der Waals surface area (Å²) >= 11 is 0. The number of rotatable bonds is 8. The van der Waals surface area contributed by atoms with Crippen LogP contribution in [0.1, 0.15) is 28.4 Å². The maximum Gasteiger partial charge on any atom is 0.387 e. The number of amides is 1. The van der Waals surface area contributed by atoms with Gasteiger partial charge >= 0.3 is 6.61 Å². The maximum absolute atomic E-state index is 12.3. The van der Waals surface area contributed by atoms with Crippen molar-refractivity contribution in [3.8, 4) is 11.5 Å². The summed E-state index contributed by atoms with van der Waals surface area (Å²) in [5, 5.41) is 2.84. The van der Waals surface area contributed by atoms with Gasteiger partial charge in [-0.1, -0.05) is 25.1 Å². The quantitative estimate of drug-likeness (QED) is 0.788. The van der Waals surface area contributed by atoms with E-state index in [-0.39, 0.29) is 17.4 Å². The Bertz CT molecular complexity index is 702. The van der Waals surface area contributed by atoms with Crippen LogP contribution in [0.15, 0.2) is 42.5 Å². The number of halogens is 2. The highest BCUT2D eigenvalue weighted by Crippen LogP contribution is 2.29. The average molecular weight is 349 g/mol. The van der Waals surface area contributed by atoms with Gasteiger partial charge in [0.25, 0.3) is 5.91 Å². The zero-order valence-corrected chi connectivity index (χ0v) is 14.2. The van der Waals surface area contributed by atoms with E-state index in [4.69, 9.17) is 4.74 Å². The standard InChI is InChI=1S/C19H21F2NO3/c1-3-13-4-7-15(8-5-13)18(23)22-11-10-14-6-9-16(25-19(20)21)17(12-14)24-2/h4-9,12,19H,3,10-11H2,1-2H3,(H,22,23). The van der Waals surface area contributed by atoms with Gasteiger partial charge in [0.1, 0.15) is 0 Å². The van der Waals surface area contributed by atoms with Crippen LogP contribution in [-0.4, -0.2) is 26.2 Å². The molecule has 0 fully saturated rings. The number of methoxy groups -OCH3 is 1. The third-order valence-electron chi connectivity index (χ3n) is 3.77. The maximum atomic E-state index is 12.3. The van der Waals surface area contributed by atoms with E-state index in [0.717, 1.165) is 12.0 Å². The number of ether oxygens (including phenoxy) is 2. The molecule has 0 spiro atoms. The lowest BCUT2D eigenvalue weighted by Gasteiger charge is -2.12. The van der Waals surface area contributed by atoms with Crippen molar-refractivity contribution in [1.82, 2.24) is 5.32 Å². The minimum Gasteiger partial charge on any atom is -0.493 e. The fraction of sp³-hybridized carbons (Fsp3) is 0.316. The van der Waals surface area contributed by atoms with Crippen LogP contribution in [0.3, 0.4) is 0 Å². The first-order chi connectivity index (χ1) is 12.0. The van der Waals surface area contributed by atoms with Gasteiger partial charge in [-0.25, -0.2) is 0 Å². The molecule has 0 saturated carbocycles. The van der Waals surface area contributed by atoms with Gasteiger partial charge in [0.15, 0.2) is 11.5 Å². The van der Waals surface area contributed by atoms with E-state index in [2.05, 4.69) is 17.0 Å². The summed E-state index contributed by atoms with van der Waals surface area (Å²) < 4.78 is 34.1. The van der Waals surface area contributed by atoms with Crippen LogP contribution in [0.25, 0.3) is 0 Å². The molecule has 2 rings (SSSR count). The normalized spacial score (nSPS) is 10.6. The molecule has 0 bridgehead atoms. The Labute approximate surface area is 145 Å². The monoisotopic (exact) mass is 349 g/mol. The number of benzene rings is 2. The molecule has 0 unspecified atom stereocenters. The van der Waals surface area contributed by atoms with Crippen LogP contribution in [0.4, 0.5) is 8.78 Å². The highest BCUT2D eigenvalue weighted by molar-refractivity contribution is 5.94. The SMILES string of the molecule is CCc1ccc(C(=O)NCCc2ccc(OC(F)F)c(OC)c2)cc1. The number of hydrogen-bond donors (Lipinski definition) is 1. The van der Waals surface area contributed by atoms with E-state index >= 15 is 0 Å². The molecule has 1 amide bonds. The van der Waals surface area contributed by atoms with Gasteiger partial charge in [0.2, 0.25) is 0 Å². The lowest BCUT2D eigenvalue weighted by atomic mass is 10.1. The average Bonchev–Trinajstić information content (AvgIpc) is 2.62. The van der Waals surface area contributed by atoms with Crippen LogP contribution in [0, 0.1) is 0 Å². The minimum absolute atomic E-state index is 0.0127. The molecule has 0 heterocycles. The first-order valence-corrected chi connectivity index (χ1v) is 8.02. The van der Waals surface area contributed by atoms with Gasteiger partial charge in [-0.05, 0) is 48.2 Å². The van der Waals surface area contributed by atoms with E-state index < -0.39 is 6.61 Å². The molecule has 0 radical (unpaired) electrons. The zero-order chi connectivity index (χ0) is 18.2. The van der Waals surface area contributed by atoms with Crippen molar-refractivity contribution in [3.63, 3.8) is 0 Å². The largest absolute Gasteiger partial charge is 0.493 e. The molecule has 0 aliphatic heterocycles. The summed E-state index contributed by atoms with van der Waals surface area (Å²) in [4.78, 5) is 12.1. The summed E-state index contributed by atoms with van der Waals surface area (Å²) in [5.41, 5.74) is 2.63. The third kappa shape index (κ3) is 5.45. The number of carbonyl (C=O) groups excluding carboxylic acids is 1. The molecule has 2 aromatic rings. The first-order valence-electron chi connectivity index (χ1n) is 8.02. The Morgan fingerprint density at radius 3 is 2.36 bits per heavy atom. The van der Waals surface area contributed by atoms with Crippen LogP contribution < -0.4 is 14.8 Å². The van der Waals surface area contributed by atoms with Crippen LogP contribution in [0.2, 0.25) is 0 Å². The predicted molar refractivity (Wildman–Crippen MR) is 91.5 cm³/mol. The molecule has 134 valence electrons. The van der Waals surface area contributed by atoms with Gasteiger partial charge < -0.3 is 14.8 Å². The first kappa shape index (κ1) is 18.7. The number of carbonyl (C=O) groups is 1. The van der Waals surface area contributed by atoms with Crippen molar-refractivity contribution >= 4 is 5.91 Å². The molecule has 0 atom stereocenters. The third-order valence-corrected chi connectivity index (χ3v) is 3.77. The van der Waals surface area contributed by atoms with Crippen LogP contribution in [-0.2, 0) is 12.8 Å². The molecule has 0 aliphatic carbocycles. The number of nitrogens with one attached hydrogen (secondary N) is 1. The summed E-state index contributed by atoms with van der Waals surface area (Å²) in [6.45, 7) is -0.425. The van der Waals surface area contributed by atoms with E-state index in [0.29, 0.717) is 18.5 Å². The smallest absolute Gasteiger partial charge is 0.387 e. The minimum atomic E-state index is -2.90. The summed E-state index contributed by atoms with van der Waals surface area (Å²) in [7, 11) is 1.39. The Morgan fingerprint density at radius 1 is 1.08 bits per heavy atom. The van der Waals surface area contributed by atoms with Gasteiger partial charge in [0.05, 0.1) is 7.11 Å². The predicted octanol–water partition coefficient (Wildman–Crippen LogP) is 3.83. The molecular weight excluding hydrogens is 328 g/mol. The van der Waals surface area contributed by atoms with Gasteiger partial charge in [-0.3, -0.25) is 4.79 Å². The Kier molecular flexibility index (Phi) is 6.74. The van der Waals surface area contributed by atoms with Gasteiger partial charge in [-0.15, -0.1) is 0 Å². The fourth-order valence-corrected chi connectivity index (χ4v) is 2.38. The Morgan fingerprint density at radius 2 is 1.76 bits per heavy atom. The van der Waals surface area contributed by atoms with Crippen molar-refractivity contribution < 1.29 is 23.0 Å². The lowest BCUT2D eigenvalue weighted by molar-refractivity contribution is -0.0512. The summed E-state index contributed by atoms with van der Waals surface area (Å²) in [6.07, 6.45) is 1.47. The zero-order valence-electron chi connectivity index (χ0n) is 14.2. The van der Waals surface area contributed by atoms with Crippen molar-refractivity contribution in [2.75, 3.05) is 13.7 Å². The highest BCUT2D eigenvalue weighted by Gasteiger charge is 2.11. The van der Waals surface area contributed by atoms with E-state index in [1.165, 1.54) is 18.7 Å². The number of aryl methyl sites for hydroxylation is 1. The van der Waals surface area contributed by atoms with Crippen molar-refractivity contribution in [2.45, 2.75) is 26.4 Å². The van der Waals surface area contributed by atoms with Gasteiger partial charge in [0, 0.05) is 12.1 Å². The van der Waals surface area contributed by atoms with Crippen LogP contribution >= 0.6 is 0 Å².